The number of aryl methyl sites for hydroxylation is 1. The van der Waals surface area contributed by atoms with Gasteiger partial charge in [0.2, 0.25) is 0 Å². The summed E-state index contributed by atoms with van der Waals surface area (Å²) in [5.74, 6) is 0.728. The summed E-state index contributed by atoms with van der Waals surface area (Å²) in [6.07, 6.45) is 0. The first-order valence-electron chi connectivity index (χ1n) is 7.14. The van der Waals surface area contributed by atoms with Crippen LogP contribution in [0.3, 0.4) is 0 Å². The van der Waals surface area contributed by atoms with E-state index in [0.29, 0.717) is 17.1 Å². The molecule has 116 valence electrons. The predicted molar refractivity (Wildman–Crippen MR) is 81.0 cm³/mol. The number of carbonyl (C=O) groups excluding carboxylic acids is 2. The molecule has 0 spiro atoms. The highest BCUT2D eigenvalue weighted by molar-refractivity contribution is 6.06. The number of urea groups is 1. The van der Waals surface area contributed by atoms with Gasteiger partial charge in [0.15, 0.2) is 5.54 Å². The van der Waals surface area contributed by atoms with Gasteiger partial charge < -0.3 is 9.73 Å². The number of rotatable bonds is 3. The Morgan fingerprint density at radius 2 is 1.91 bits per heavy atom. The van der Waals surface area contributed by atoms with Crippen molar-refractivity contribution in [2.24, 2.45) is 0 Å². The summed E-state index contributed by atoms with van der Waals surface area (Å²) in [7, 11) is 0. The minimum absolute atomic E-state index is 0.144. The number of imide groups is 1. The maximum Gasteiger partial charge on any atom is 0.325 e. The lowest BCUT2D eigenvalue weighted by Crippen LogP contribution is -2.40. The number of amides is 3. The first-order chi connectivity index (χ1) is 10.9. The number of hydrogen-bond donors (Lipinski definition) is 1. The van der Waals surface area contributed by atoms with Crippen LogP contribution in [0.15, 0.2) is 40.8 Å². The molecule has 2 aromatic rings. The molecule has 3 amide bonds. The van der Waals surface area contributed by atoms with Crippen LogP contribution in [0.25, 0.3) is 0 Å². The van der Waals surface area contributed by atoms with E-state index in [-0.39, 0.29) is 12.5 Å². The van der Waals surface area contributed by atoms with Crippen molar-refractivity contribution in [1.82, 2.24) is 10.2 Å². The summed E-state index contributed by atoms with van der Waals surface area (Å²) < 4.78 is 5.52. The molecule has 6 nitrogen and oxygen atoms in total. The van der Waals surface area contributed by atoms with Crippen LogP contribution in [-0.2, 0) is 16.9 Å². The molecule has 2 heterocycles. The van der Waals surface area contributed by atoms with Crippen molar-refractivity contribution in [2.75, 3.05) is 0 Å². The summed E-state index contributed by atoms with van der Waals surface area (Å²) in [6.45, 7) is 3.55. The van der Waals surface area contributed by atoms with E-state index >= 15 is 0 Å². The molecule has 1 saturated heterocycles. The Balaban J connectivity index is 1.85. The molecule has 0 saturated carbocycles. The zero-order valence-corrected chi connectivity index (χ0v) is 12.8. The van der Waals surface area contributed by atoms with Gasteiger partial charge in [0.05, 0.1) is 18.2 Å². The topological polar surface area (TPSA) is 86.3 Å². The normalized spacial score (nSPS) is 20.5. The molecule has 6 heteroatoms. The Morgan fingerprint density at radius 1 is 1.22 bits per heavy atom. The van der Waals surface area contributed by atoms with Crippen LogP contribution in [0.5, 0.6) is 0 Å². The van der Waals surface area contributed by atoms with Gasteiger partial charge in [-0.15, -0.1) is 0 Å². The molecule has 0 aliphatic carbocycles. The van der Waals surface area contributed by atoms with Crippen LogP contribution < -0.4 is 5.32 Å². The third-order valence-electron chi connectivity index (χ3n) is 3.93. The summed E-state index contributed by atoms with van der Waals surface area (Å²) >= 11 is 0. The second kappa shape index (κ2) is 5.29. The molecule has 1 aromatic heterocycles. The summed E-state index contributed by atoms with van der Waals surface area (Å²) in [6, 6.07) is 11.8. The number of carbonyl (C=O) groups is 2. The van der Waals surface area contributed by atoms with Gasteiger partial charge in [-0.25, -0.2) is 4.79 Å². The third kappa shape index (κ3) is 2.46. The highest BCUT2D eigenvalue weighted by Crippen LogP contribution is 2.30. The fraction of sp³-hybridized carbons (Fsp3) is 0.235. The Kier molecular flexibility index (Phi) is 3.41. The zero-order chi connectivity index (χ0) is 16.6. The lowest BCUT2D eigenvalue weighted by Gasteiger charge is -2.19. The minimum atomic E-state index is -1.20. The Bertz CT molecular complexity index is 816. The molecule has 0 radical (unpaired) electrons. The molecule has 1 aromatic carbocycles. The van der Waals surface area contributed by atoms with E-state index in [1.165, 1.54) is 0 Å². The lowest BCUT2D eigenvalue weighted by molar-refractivity contribution is -0.132. The smallest absolute Gasteiger partial charge is 0.325 e. The molecule has 1 aliphatic rings. The maximum absolute atomic E-state index is 12.7. The number of furan rings is 1. The zero-order valence-electron chi connectivity index (χ0n) is 12.8. The van der Waals surface area contributed by atoms with E-state index in [0.717, 1.165) is 10.5 Å². The van der Waals surface area contributed by atoms with Crippen molar-refractivity contribution in [1.29, 1.82) is 5.26 Å². The molecule has 23 heavy (non-hydrogen) atoms. The fourth-order valence-corrected chi connectivity index (χ4v) is 2.58. The fourth-order valence-electron chi connectivity index (χ4n) is 2.58. The van der Waals surface area contributed by atoms with Gasteiger partial charge in [0.25, 0.3) is 5.91 Å². The molecule has 1 atom stereocenters. The average Bonchev–Trinajstić information content (AvgIpc) is 3.07. The van der Waals surface area contributed by atoms with Gasteiger partial charge in [-0.2, -0.15) is 5.26 Å². The van der Waals surface area contributed by atoms with Crippen molar-refractivity contribution >= 4 is 11.9 Å². The molecule has 1 fully saturated rings. The van der Waals surface area contributed by atoms with Gasteiger partial charge in [-0.05, 0) is 43.7 Å². The van der Waals surface area contributed by atoms with E-state index < -0.39 is 11.6 Å². The van der Waals surface area contributed by atoms with Crippen molar-refractivity contribution in [3.05, 3.63) is 59.0 Å². The number of nitriles is 1. The van der Waals surface area contributed by atoms with Gasteiger partial charge in [-0.3, -0.25) is 9.69 Å². The van der Waals surface area contributed by atoms with Crippen LogP contribution in [0.4, 0.5) is 4.79 Å². The van der Waals surface area contributed by atoms with E-state index in [2.05, 4.69) is 5.32 Å². The van der Waals surface area contributed by atoms with Crippen molar-refractivity contribution in [3.8, 4) is 6.07 Å². The van der Waals surface area contributed by atoms with E-state index in [1.807, 2.05) is 6.07 Å². The van der Waals surface area contributed by atoms with E-state index in [9.17, 15) is 9.59 Å². The maximum atomic E-state index is 12.7. The number of benzene rings is 1. The first kappa shape index (κ1) is 14.9. The van der Waals surface area contributed by atoms with Gasteiger partial charge >= 0.3 is 6.03 Å². The summed E-state index contributed by atoms with van der Waals surface area (Å²) in [4.78, 5) is 26.1. The quantitative estimate of drug-likeness (QED) is 0.882. The van der Waals surface area contributed by atoms with Crippen LogP contribution >= 0.6 is 0 Å². The molecular weight excluding hydrogens is 294 g/mol. The lowest BCUT2D eigenvalue weighted by atomic mass is 9.99. The number of nitrogens with one attached hydrogen (secondary N) is 1. The standard InChI is InChI=1S/C17H15N3O3/c1-11-3-8-14(23-11)17(2)15(21)20(16(22)19-17)10-13-6-4-12(9-18)5-7-13/h3-8H,10H2,1-2H3,(H,19,22)/t17-/m0/s1. The SMILES string of the molecule is Cc1ccc([C@]2(C)NC(=O)N(Cc3ccc(C#N)cc3)C2=O)o1. The molecule has 1 aliphatic heterocycles. The van der Waals surface area contributed by atoms with Crippen LogP contribution in [0.1, 0.15) is 29.6 Å². The largest absolute Gasteiger partial charge is 0.463 e. The predicted octanol–water partition coefficient (Wildman–Crippen LogP) is 2.43. The van der Waals surface area contributed by atoms with E-state index in [4.69, 9.17) is 9.68 Å². The van der Waals surface area contributed by atoms with Crippen molar-refractivity contribution in [3.63, 3.8) is 0 Å². The molecule has 0 unspecified atom stereocenters. The van der Waals surface area contributed by atoms with Crippen molar-refractivity contribution < 1.29 is 14.0 Å². The van der Waals surface area contributed by atoms with Crippen LogP contribution in [0.2, 0.25) is 0 Å². The minimum Gasteiger partial charge on any atom is -0.463 e. The monoisotopic (exact) mass is 309 g/mol. The summed E-state index contributed by atoms with van der Waals surface area (Å²) in [5, 5.41) is 11.5. The van der Waals surface area contributed by atoms with Gasteiger partial charge in [0, 0.05) is 0 Å². The number of hydrogen-bond acceptors (Lipinski definition) is 4. The highest BCUT2D eigenvalue weighted by Gasteiger charge is 2.50. The summed E-state index contributed by atoms with van der Waals surface area (Å²) in [5.41, 5.74) is 0.104. The second-order valence-corrected chi connectivity index (χ2v) is 5.67. The van der Waals surface area contributed by atoms with Crippen molar-refractivity contribution in [2.45, 2.75) is 25.9 Å². The highest BCUT2D eigenvalue weighted by atomic mass is 16.3. The Morgan fingerprint density at radius 3 is 2.48 bits per heavy atom. The molecular formula is C17H15N3O3. The first-order valence-corrected chi connectivity index (χ1v) is 7.14. The van der Waals surface area contributed by atoms with Gasteiger partial charge in [0.1, 0.15) is 11.5 Å². The molecule has 3 rings (SSSR count). The third-order valence-corrected chi connectivity index (χ3v) is 3.93. The number of nitrogens with zero attached hydrogens (tertiary/aromatic N) is 2. The average molecular weight is 309 g/mol. The van der Waals surface area contributed by atoms with Gasteiger partial charge in [-0.1, -0.05) is 12.1 Å². The second-order valence-electron chi connectivity index (χ2n) is 5.67. The van der Waals surface area contributed by atoms with Crippen LogP contribution in [0, 0.1) is 18.3 Å². The Labute approximate surface area is 133 Å². The Hall–Kier alpha value is -3.07. The van der Waals surface area contributed by atoms with E-state index in [1.54, 1.807) is 50.2 Å². The molecule has 1 N–H and O–H groups in total. The van der Waals surface area contributed by atoms with Crippen LogP contribution in [-0.4, -0.2) is 16.8 Å². The molecule has 0 bridgehead atoms.